The second kappa shape index (κ2) is 9.44. The molecule has 0 aliphatic rings. The summed E-state index contributed by atoms with van der Waals surface area (Å²) < 4.78 is 31.8. The van der Waals surface area contributed by atoms with Crippen LogP contribution >= 0.6 is 0 Å². The summed E-state index contributed by atoms with van der Waals surface area (Å²) in [6, 6.07) is 17.7. The summed E-state index contributed by atoms with van der Waals surface area (Å²) in [6.45, 7) is 0. The molecule has 0 spiro atoms. The molecule has 11 nitrogen and oxygen atoms in total. The standard InChI is InChI=1S/C24H17N3O8S/c28-22-13-20(36(33,34)35)11-16-3-8-18(12-21(16)22)26-24(30)14-1-6-17(7-2-14)25-23(29)15-4-9-19(10-5-15)27(31)32/h1-13,28H,(H,25,29)(H,26,30)(H,33,34,35). The van der Waals surface area contributed by atoms with E-state index in [1.54, 1.807) is 0 Å². The number of fused-ring (bicyclic) bond motifs is 1. The van der Waals surface area contributed by atoms with E-state index in [4.69, 9.17) is 0 Å². The van der Waals surface area contributed by atoms with Gasteiger partial charge in [0, 0.05) is 46.1 Å². The van der Waals surface area contributed by atoms with Crippen LogP contribution in [0.3, 0.4) is 0 Å². The van der Waals surface area contributed by atoms with E-state index in [9.17, 15) is 37.8 Å². The van der Waals surface area contributed by atoms with Crippen molar-refractivity contribution in [3.05, 3.63) is 100 Å². The molecule has 0 fully saturated rings. The second-order valence-electron chi connectivity index (χ2n) is 7.64. The fraction of sp³-hybridized carbons (Fsp3) is 0. The number of nitrogens with zero attached hydrogens (tertiary/aromatic N) is 1. The molecular weight excluding hydrogens is 490 g/mol. The van der Waals surface area contributed by atoms with Crippen molar-refractivity contribution in [3.63, 3.8) is 0 Å². The lowest BCUT2D eigenvalue weighted by Gasteiger charge is -2.10. The molecule has 2 amide bonds. The van der Waals surface area contributed by atoms with Gasteiger partial charge in [-0.2, -0.15) is 8.42 Å². The van der Waals surface area contributed by atoms with Gasteiger partial charge in [0.1, 0.15) is 5.75 Å². The van der Waals surface area contributed by atoms with E-state index < -0.39 is 31.8 Å². The van der Waals surface area contributed by atoms with Crippen LogP contribution in [0.1, 0.15) is 20.7 Å². The molecule has 0 aliphatic carbocycles. The van der Waals surface area contributed by atoms with Crippen molar-refractivity contribution >= 4 is 49.8 Å². The third-order valence-corrected chi connectivity index (χ3v) is 6.04. The Bertz CT molecular complexity index is 1620. The summed E-state index contributed by atoms with van der Waals surface area (Å²) in [6.07, 6.45) is 0. The number of nitrogens with one attached hydrogen (secondary N) is 2. The van der Waals surface area contributed by atoms with E-state index in [0.29, 0.717) is 16.8 Å². The largest absolute Gasteiger partial charge is 0.507 e. The molecule has 12 heteroatoms. The monoisotopic (exact) mass is 507 g/mol. The Morgan fingerprint density at radius 3 is 1.86 bits per heavy atom. The molecule has 0 atom stereocenters. The first-order chi connectivity index (χ1) is 17.0. The van der Waals surface area contributed by atoms with E-state index in [2.05, 4.69) is 10.6 Å². The summed E-state index contributed by atoms with van der Waals surface area (Å²) >= 11 is 0. The lowest BCUT2D eigenvalue weighted by atomic mass is 10.1. The van der Waals surface area contributed by atoms with E-state index in [1.807, 2.05) is 0 Å². The summed E-state index contributed by atoms with van der Waals surface area (Å²) in [5.41, 5.74) is 1.10. The smallest absolute Gasteiger partial charge is 0.294 e. The predicted octanol–water partition coefficient (Wildman–Crippen LogP) is 4.20. The fourth-order valence-corrected chi connectivity index (χ4v) is 3.92. The number of benzene rings is 4. The van der Waals surface area contributed by atoms with Crippen LogP contribution in [0.25, 0.3) is 10.8 Å². The number of phenolic OH excluding ortho intramolecular Hbond substituents is 1. The van der Waals surface area contributed by atoms with Crippen molar-refractivity contribution in [1.29, 1.82) is 0 Å². The number of hydrogen-bond acceptors (Lipinski definition) is 7. The first-order valence-electron chi connectivity index (χ1n) is 10.2. The van der Waals surface area contributed by atoms with Gasteiger partial charge in [0.2, 0.25) is 0 Å². The van der Waals surface area contributed by atoms with Gasteiger partial charge in [-0.3, -0.25) is 24.3 Å². The van der Waals surface area contributed by atoms with Crippen LogP contribution in [0, 0.1) is 10.1 Å². The first kappa shape index (κ1) is 24.3. The molecule has 0 radical (unpaired) electrons. The molecule has 0 saturated heterocycles. The van der Waals surface area contributed by atoms with Gasteiger partial charge >= 0.3 is 0 Å². The van der Waals surface area contributed by atoms with Crippen LogP contribution in [-0.4, -0.2) is 34.8 Å². The van der Waals surface area contributed by atoms with Crippen molar-refractivity contribution in [2.45, 2.75) is 4.90 Å². The lowest BCUT2D eigenvalue weighted by Crippen LogP contribution is -2.13. The third kappa shape index (κ3) is 5.29. The highest BCUT2D eigenvalue weighted by atomic mass is 32.2. The second-order valence-corrected chi connectivity index (χ2v) is 9.06. The molecule has 36 heavy (non-hydrogen) atoms. The van der Waals surface area contributed by atoms with Gasteiger partial charge in [0.05, 0.1) is 9.82 Å². The molecule has 0 bridgehead atoms. The average molecular weight is 507 g/mol. The van der Waals surface area contributed by atoms with E-state index in [-0.39, 0.29) is 28.0 Å². The van der Waals surface area contributed by atoms with Gasteiger partial charge in [-0.05, 0) is 60.0 Å². The Morgan fingerprint density at radius 2 is 1.31 bits per heavy atom. The highest BCUT2D eigenvalue weighted by Crippen LogP contribution is 2.31. The quantitative estimate of drug-likeness (QED) is 0.170. The number of carbonyl (C=O) groups excluding carboxylic acids is 2. The molecule has 0 unspecified atom stereocenters. The molecule has 0 aliphatic heterocycles. The van der Waals surface area contributed by atoms with E-state index >= 15 is 0 Å². The third-order valence-electron chi connectivity index (χ3n) is 5.21. The Labute approximate surface area is 203 Å². The van der Waals surface area contributed by atoms with Crippen molar-refractivity contribution < 1.29 is 32.6 Å². The zero-order valence-corrected chi connectivity index (χ0v) is 19.0. The highest BCUT2D eigenvalue weighted by Gasteiger charge is 2.15. The van der Waals surface area contributed by atoms with Crippen molar-refractivity contribution in [2.75, 3.05) is 10.6 Å². The number of carbonyl (C=O) groups is 2. The predicted molar refractivity (Wildman–Crippen MR) is 131 cm³/mol. The lowest BCUT2D eigenvalue weighted by molar-refractivity contribution is -0.384. The van der Waals surface area contributed by atoms with Crippen LogP contribution in [0.5, 0.6) is 5.75 Å². The fourth-order valence-electron chi connectivity index (χ4n) is 3.38. The minimum absolute atomic E-state index is 0.133. The van der Waals surface area contributed by atoms with Crippen molar-refractivity contribution in [3.8, 4) is 5.75 Å². The van der Waals surface area contributed by atoms with Crippen LogP contribution < -0.4 is 10.6 Å². The molecule has 4 aromatic carbocycles. The minimum Gasteiger partial charge on any atom is -0.507 e. The number of nitro groups is 1. The van der Waals surface area contributed by atoms with Gasteiger partial charge < -0.3 is 15.7 Å². The molecule has 4 N–H and O–H groups in total. The Kier molecular flexibility index (Phi) is 6.38. The number of anilines is 2. The maximum absolute atomic E-state index is 12.6. The first-order valence-corrected chi connectivity index (χ1v) is 11.7. The molecular formula is C24H17N3O8S. The van der Waals surface area contributed by atoms with Gasteiger partial charge in [0.25, 0.3) is 27.6 Å². The van der Waals surface area contributed by atoms with Crippen molar-refractivity contribution in [1.82, 2.24) is 0 Å². The maximum atomic E-state index is 12.6. The van der Waals surface area contributed by atoms with Crippen LogP contribution in [-0.2, 0) is 10.1 Å². The summed E-state index contributed by atoms with van der Waals surface area (Å²) in [5, 5.41) is 26.8. The highest BCUT2D eigenvalue weighted by molar-refractivity contribution is 7.85. The van der Waals surface area contributed by atoms with E-state index in [1.165, 1.54) is 72.8 Å². The topological polar surface area (TPSA) is 176 Å². The van der Waals surface area contributed by atoms with Crippen molar-refractivity contribution in [2.24, 2.45) is 0 Å². The number of aromatic hydroxyl groups is 1. The molecule has 4 aromatic rings. The van der Waals surface area contributed by atoms with Crippen LogP contribution in [0.4, 0.5) is 17.1 Å². The zero-order valence-electron chi connectivity index (χ0n) is 18.2. The Morgan fingerprint density at radius 1 is 0.778 bits per heavy atom. The molecule has 0 saturated carbocycles. The number of phenols is 1. The minimum atomic E-state index is -4.49. The van der Waals surface area contributed by atoms with Gasteiger partial charge in [-0.25, -0.2) is 0 Å². The summed E-state index contributed by atoms with van der Waals surface area (Å²) in [4.78, 5) is 34.7. The number of amides is 2. The Balaban J connectivity index is 1.45. The number of non-ortho nitro benzene ring substituents is 1. The zero-order chi connectivity index (χ0) is 26.0. The maximum Gasteiger partial charge on any atom is 0.294 e. The van der Waals surface area contributed by atoms with Gasteiger partial charge in [0.15, 0.2) is 0 Å². The summed E-state index contributed by atoms with van der Waals surface area (Å²) in [5.74, 6) is -1.34. The van der Waals surface area contributed by atoms with E-state index in [0.717, 1.165) is 6.07 Å². The molecule has 0 aromatic heterocycles. The number of hydrogen-bond donors (Lipinski definition) is 4. The van der Waals surface area contributed by atoms with Gasteiger partial charge in [-0.1, -0.05) is 6.07 Å². The summed E-state index contributed by atoms with van der Waals surface area (Å²) in [7, 11) is -4.49. The molecule has 0 heterocycles. The molecule has 4 rings (SSSR count). The van der Waals surface area contributed by atoms with Crippen LogP contribution in [0.15, 0.2) is 83.8 Å². The van der Waals surface area contributed by atoms with Crippen LogP contribution in [0.2, 0.25) is 0 Å². The molecule has 182 valence electrons. The van der Waals surface area contributed by atoms with Gasteiger partial charge in [-0.15, -0.1) is 0 Å². The average Bonchev–Trinajstić information content (AvgIpc) is 2.84. The Hall–Kier alpha value is -4.81. The SMILES string of the molecule is O=C(Nc1ccc(C(=O)Nc2ccc3cc(S(=O)(=O)O)cc(O)c3c2)cc1)c1ccc([N+](=O)[O-])cc1. The normalized spacial score (nSPS) is 11.1. The number of rotatable bonds is 6. The number of nitro benzene ring substituents is 1.